The highest BCUT2D eigenvalue weighted by Gasteiger charge is 2.52. The lowest BCUT2D eigenvalue weighted by molar-refractivity contribution is -0.182. The monoisotopic (exact) mass is 1490 g/mol. The van der Waals surface area contributed by atoms with E-state index in [-0.39, 0.29) is 108 Å². The summed E-state index contributed by atoms with van der Waals surface area (Å²) < 4.78 is 48.0. The zero-order valence-electron chi connectivity index (χ0n) is 63.7. The lowest BCUT2D eigenvalue weighted by atomic mass is 9.78. The molecule has 7 fully saturated rings. The van der Waals surface area contributed by atoms with E-state index in [1.165, 1.54) is 85.8 Å². The highest BCUT2D eigenvalue weighted by molar-refractivity contribution is 6.21. The maximum Gasteiger partial charge on any atom is 0.393 e. The van der Waals surface area contributed by atoms with Crippen LogP contribution >= 0.6 is 11.6 Å². The quantitative estimate of drug-likeness (QED) is 0.178. The fraction of sp³-hybridized carbons (Fsp3) is 0.838. The number of alkyl halides is 4. The summed E-state index contributed by atoms with van der Waals surface area (Å²) in [6.45, 7) is 5.69. The van der Waals surface area contributed by atoms with Gasteiger partial charge in [-0.3, -0.25) is 57.5 Å². The number of piperidine rings is 1. The summed E-state index contributed by atoms with van der Waals surface area (Å²) >= 11 is 6.45. The van der Waals surface area contributed by atoms with E-state index >= 15 is 28.8 Å². The van der Waals surface area contributed by atoms with Crippen LogP contribution < -0.4 is 21.3 Å². The Morgan fingerprint density at radius 3 is 1.80 bits per heavy atom. The summed E-state index contributed by atoms with van der Waals surface area (Å²) in [7, 11) is 11.5. The molecule has 0 bridgehead atoms. The number of rotatable bonds is 13. The molecular weight excluding hydrogens is 1370 g/mol. The number of hydrogen-bond donors (Lipinski definition) is 4. The second kappa shape index (κ2) is 39.0. The van der Waals surface area contributed by atoms with Crippen molar-refractivity contribution in [1.82, 2.24) is 65.4 Å². The van der Waals surface area contributed by atoms with Crippen LogP contribution in [-0.2, 0) is 62.3 Å². The first kappa shape index (κ1) is 84.9. The Morgan fingerprint density at radius 1 is 0.587 bits per heavy atom. The normalized spacial score (nSPS) is 30.3. The van der Waals surface area contributed by atoms with Gasteiger partial charge in [0.05, 0.1) is 45.2 Å². The van der Waals surface area contributed by atoms with Crippen LogP contribution in [0.15, 0.2) is 0 Å². The Kier molecular flexibility index (Phi) is 31.8. The minimum atomic E-state index is -4.52. The predicted octanol–water partition coefficient (Wildman–Crippen LogP) is 4.92. The maximum atomic E-state index is 16.0. The molecule has 12 amide bonds. The molecular formula is C74H121ClF3N13O13. The number of morpholine rings is 1. The highest BCUT2D eigenvalue weighted by Crippen LogP contribution is 2.44. The van der Waals surface area contributed by atoms with Gasteiger partial charge in [0.1, 0.15) is 47.8 Å². The molecule has 12 atom stereocenters. The van der Waals surface area contributed by atoms with Gasteiger partial charge in [0.15, 0.2) is 0 Å². The Morgan fingerprint density at radius 2 is 1.19 bits per heavy atom. The van der Waals surface area contributed by atoms with Gasteiger partial charge >= 0.3 is 6.18 Å². The third-order valence-corrected chi connectivity index (χ3v) is 24.4. The van der Waals surface area contributed by atoms with E-state index in [0.717, 1.165) is 72.6 Å². The van der Waals surface area contributed by atoms with E-state index in [2.05, 4.69) is 21.3 Å². The molecule has 1 spiro atoms. The number of carbonyl (C=O) groups excluding carboxylic acids is 12. The highest BCUT2D eigenvalue weighted by atomic mass is 35.5. The van der Waals surface area contributed by atoms with Gasteiger partial charge in [-0.25, -0.2) is 0 Å². The van der Waals surface area contributed by atoms with E-state index in [1.807, 2.05) is 13.8 Å². The summed E-state index contributed by atoms with van der Waals surface area (Å²) in [5.41, 5.74) is -1.61. The lowest BCUT2D eigenvalue weighted by Gasteiger charge is -2.44. The Bertz CT molecular complexity index is 2980. The molecule has 0 aromatic carbocycles. The molecule has 0 aromatic heterocycles. The molecule has 0 aromatic rings. The first-order valence-corrected chi connectivity index (χ1v) is 38.9. The fourth-order valence-corrected chi connectivity index (χ4v) is 17.5. The Balaban J connectivity index is 1.31. The van der Waals surface area contributed by atoms with E-state index in [0.29, 0.717) is 51.5 Å². The van der Waals surface area contributed by atoms with Crippen LogP contribution in [0.5, 0.6) is 0 Å². The average Bonchev–Trinajstić information content (AvgIpc) is 1.29. The second-order valence-corrected chi connectivity index (χ2v) is 31.9. The summed E-state index contributed by atoms with van der Waals surface area (Å²) in [5.74, 6) is -10.9. The number of carbonyl (C=O) groups is 12. The first-order chi connectivity index (χ1) is 49.2. The van der Waals surface area contributed by atoms with Crippen molar-refractivity contribution in [2.45, 2.75) is 247 Å². The van der Waals surface area contributed by atoms with Crippen LogP contribution in [0.25, 0.3) is 0 Å². The van der Waals surface area contributed by atoms with E-state index in [9.17, 15) is 41.9 Å². The Labute approximate surface area is 618 Å². The molecule has 7 aliphatic rings. The summed E-state index contributed by atoms with van der Waals surface area (Å²) in [4.78, 5) is 192. The summed E-state index contributed by atoms with van der Waals surface area (Å²) in [5, 5.41) is 11.1. The van der Waals surface area contributed by atoms with Crippen LogP contribution in [-0.4, -0.2) is 290 Å². The molecule has 7 rings (SSSR count). The van der Waals surface area contributed by atoms with Crippen LogP contribution in [0.1, 0.15) is 188 Å². The van der Waals surface area contributed by atoms with Crippen molar-refractivity contribution in [2.24, 2.45) is 35.5 Å². The van der Waals surface area contributed by atoms with Gasteiger partial charge in [-0.2, -0.15) is 13.2 Å². The fourth-order valence-electron chi connectivity index (χ4n) is 17.0. The maximum absolute atomic E-state index is 16.0. The van der Waals surface area contributed by atoms with E-state index in [4.69, 9.17) is 16.3 Å². The zero-order valence-corrected chi connectivity index (χ0v) is 64.4. The van der Waals surface area contributed by atoms with Crippen LogP contribution in [0.4, 0.5) is 13.2 Å². The van der Waals surface area contributed by atoms with Crippen molar-refractivity contribution in [3.05, 3.63) is 0 Å². The zero-order chi connectivity index (χ0) is 76.5. The number of nitrogens with one attached hydrogen (secondary N) is 4. The minimum Gasteiger partial charge on any atom is -0.378 e. The molecule has 4 unspecified atom stereocenters. The Hall–Kier alpha value is -6.36. The molecule has 3 aliphatic heterocycles. The standard InChI is InChI=1S/C74H121ClF3N13O13/c1-12-22-55-65(96)81-63(47(3)13-2)70(101)85(6)45-61(94)83(4)46-62(95)87(8)57(40-48-23-17-18-24-48)68(99)84(5)44-59(92)80-54(31-29-49-28-30-52(53(75)39-49)74(76,77)78)67(98)88(9)56(41-50-25-21-34-79-43-50)66(97)82-73(32-19-20-33-73)72(103)90(11)64(51-26-15-14-16-27-51)71(102)89(10)58(42-60(93)86(55)7)69(100)91-35-37-104-38-36-91/h47-58,63-64,79H,12-46H2,1-11H3,(H,80,92)(H,81,96)(H,82,97)/t47-,49?,50?,52?,53?,54-,55-,56-,57-,58-,63-,64-/m0/s1. The molecule has 30 heteroatoms. The number of ether oxygens (including phenoxy) is 1. The van der Waals surface area contributed by atoms with Gasteiger partial charge in [0.2, 0.25) is 70.9 Å². The van der Waals surface area contributed by atoms with Gasteiger partial charge in [-0.1, -0.05) is 91.4 Å². The van der Waals surface area contributed by atoms with Gasteiger partial charge < -0.3 is 70.1 Å². The third-order valence-electron chi connectivity index (χ3n) is 24.0. The molecule has 3 heterocycles. The molecule has 4 N–H and O–H groups in total. The number of nitrogens with zero attached hydrogens (tertiary/aromatic N) is 9. The lowest BCUT2D eigenvalue weighted by Crippen LogP contribution is -2.66. The number of hydrogen-bond acceptors (Lipinski definition) is 14. The van der Waals surface area contributed by atoms with Gasteiger partial charge in [0, 0.05) is 74.8 Å². The van der Waals surface area contributed by atoms with Gasteiger partial charge in [0.25, 0.3) is 0 Å². The van der Waals surface area contributed by atoms with Crippen molar-refractivity contribution < 1.29 is 75.4 Å². The molecule has 4 aliphatic carbocycles. The summed E-state index contributed by atoms with van der Waals surface area (Å²) in [6.07, 6.45) is 5.72. The topological polar surface area (TPSA) is 291 Å². The smallest absolute Gasteiger partial charge is 0.378 e. The second-order valence-electron chi connectivity index (χ2n) is 31.3. The predicted molar refractivity (Wildman–Crippen MR) is 384 cm³/mol. The van der Waals surface area contributed by atoms with Crippen molar-refractivity contribution in [1.29, 1.82) is 0 Å². The third kappa shape index (κ3) is 21.9. The number of amides is 12. The van der Waals surface area contributed by atoms with Gasteiger partial charge in [-0.15, -0.1) is 11.6 Å². The largest absolute Gasteiger partial charge is 0.393 e. The SMILES string of the molecule is CCC[C@H]1C(=O)N[C@@H]([C@@H](C)CC)C(=O)N(C)CC(=O)N(C)CC(=O)N(C)[C@@H](CC2CCCC2)C(=O)N(C)CC(=O)N[C@@H](CCC2CCC(C(F)(F)F)C(Cl)C2)C(=O)N(C)[C@@H](CC2CCCNC2)C(=O)NC2(CCCC2)C(=O)N(C)[C@@H](C2CCCCC2)C(=O)N(C)[C@H](C(=O)N2CCOCC2)CC(=O)N1C. The number of likely N-dealkylation sites (N-methyl/N-ethyl adjacent to an activating group) is 8. The molecule has 588 valence electrons. The van der Waals surface area contributed by atoms with Crippen molar-refractivity contribution in [3.63, 3.8) is 0 Å². The van der Waals surface area contributed by atoms with Gasteiger partial charge in [-0.05, 0) is 133 Å². The summed E-state index contributed by atoms with van der Waals surface area (Å²) in [6, 6.07) is -8.81. The van der Waals surface area contributed by atoms with Crippen LogP contribution in [0.3, 0.4) is 0 Å². The van der Waals surface area contributed by atoms with Crippen molar-refractivity contribution in [2.75, 3.05) is 115 Å². The molecule has 0 radical (unpaired) electrons. The molecule has 3 saturated heterocycles. The van der Waals surface area contributed by atoms with Crippen LogP contribution in [0, 0.1) is 35.5 Å². The van der Waals surface area contributed by atoms with Crippen molar-refractivity contribution >= 4 is 82.5 Å². The number of halogens is 4. The van der Waals surface area contributed by atoms with Crippen molar-refractivity contribution in [3.8, 4) is 0 Å². The first-order valence-electron chi connectivity index (χ1n) is 38.5. The van der Waals surface area contributed by atoms with Crippen LogP contribution in [0.2, 0.25) is 0 Å². The molecule has 104 heavy (non-hydrogen) atoms. The average molecular weight is 1490 g/mol. The van der Waals surface area contributed by atoms with E-state index < -0.39 is 174 Å². The molecule has 4 saturated carbocycles. The van der Waals surface area contributed by atoms with E-state index in [1.54, 1.807) is 6.92 Å². The molecule has 26 nitrogen and oxygen atoms in total. The minimum absolute atomic E-state index is 0.0136.